The highest BCUT2D eigenvalue weighted by Crippen LogP contribution is 2.20. The summed E-state index contributed by atoms with van der Waals surface area (Å²) in [5, 5.41) is 4.23. The zero-order valence-electron chi connectivity index (χ0n) is 10.4. The zero-order chi connectivity index (χ0) is 12.4. The van der Waals surface area contributed by atoms with E-state index in [0.29, 0.717) is 12.0 Å². The van der Waals surface area contributed by atoms with Gasteiger partial charge in [-0.2, -0.15) is 5.10 Å². The zero-order valence-corrected chi connectivity index (χ0v) is 11.2. The summed E-state index contributed by atoms with van der Waals surface area (Å²) in [5.74, 6) is 0.461. The van der Waals surface area contributed by atoms with E-state index >= 15 is 0 Å². The van der Waals surface area contributed by atoms with Gasteiger partial charge in [0, 0.05) is 24.3 Å². The number of nitrogens with one attached hydrogen (secondary N) is 1. The highest BCUT2D eigenvalue weighted by atomic mass is 32.1. The highest BCUT2D eigenvalue weighted by molar-refractivity contribution is 7.71. The van der Waals surface area contributed by atoms with Crippen molar-refractivity contribution in [2.75, 3.05) is 0 Å². The fourth-order valence-corrected chi connectivity index (χ4v) is 2.40. The Bertz CT molecular complexity index is 521. The van der Waals surface area contributed by atoms with Gasteiger partial charge in [0.1, 0.15) is 0 Å². The van der Waals surface area contributed by atoms with Crippen LogP contribution in [-0.4, -0.2) is 19.3 Å². The van der Waals surface area contributed by atoms with Crippen molar-refractivity contribution in [2.24, 2.45) is 0 Å². The Morgan fingerprint density at radius 1 is 1.41 bits per heavy atom. The molecule has 0 fully saturated rings. The Labute approximate surface area is 106 Å². The molecule has 0 amide bonds. The van der Waals surface area contributed by atoms with Crippen molar-refractivity contribution < 1.29 is 0 Å². The van der Waals surface area contributed by atoms with Gasteiger partial charge in [-0.3, -0.25) is 4.68 Å². The fraction of sp³-hybridized carbons (Fsp3) is 0.500. The van der Waals surface area contributed by atoms with E-state index in [2.05, 4.69) is 35.4 Å². The second kappa shape index (κ2) is 4.87. The van der Waals surface area contributed by atoms with Crippen molar-refractivity contribution in [2.45, 2.75) is 39.3 Å². The van der Waals surface area contributed by atoms with Gasteiger partial charge in [-0.1, -0.05) is 13.8 Å². The molecule has 17 heavy (non-hydrogen) atoms. The Morgan fingerprint density at radius 2 is 2.18 bits per heavy atom. The van der Waals surface area contributed by atoms with Gasteiger partial charge in [-0.25, -0.2) is 0 Å². The SMILES string of the molecule is CC(C)c1c[nH]c(=S)n1C(C)Cn1cccn1. The molecular formula is C12H18N4S. The molecular weight excluding hydrogens is 232 g/mol. The first-order valence-electron chi connectivity index (χ1n) is 5.87. The third-order valence-electron chi connectivity index (χ3n) is 2.88. The number of aromatic nitrogens is 4. The Hall–Kier alpha value is -1.36. The quantitative estimate of drug-likeness (QED) is 0.847. The summed E-state index contributed by atoms with van der Waals surface area (Å²) in [6, 6.07) is 2.23. The number of hydrogen-bond donors (Lipinski definition) is 1. The molecule has 0 saturated heterocycles. The maximum absolute atomic E-state index is 5.34. The predicted octanol–water partition coefficient (Wildman–Crippen LogP) is 3.13. The molecule has 2 heterocycles. The van der Waals surface area contributed by atoms with Crippen molar-refractivity contribution in [3.05, 3.63) is 35.1 Å². The second-order valence-electron chi connectivity index (χ2n) is 4.62. The first kappa shape index (κ1) is 12.1. The third-order valence-corrected chi connectivity index (χ3v) is 3.20. The summed E-state index contributed by atoms with van der Waals surface area (Å²) in [6.07, 6.45) is 5.78. The lowest BCUT2D eigenvalue weighted by atomic mass is 10.1. The van der Waals surface area contributed by atoms with Gasteiger partial charge in [0.15, 0.2) is 4.77 Å². The summed E-state index contributed by atoms with van der Waals surface area (Å²) in [4.78, 5) is 3.13. The Balaban J connectivity index is 2.27. The Kier molecular flexibility index (Phi) is 3.47. The minimum Gasteiger partial charge on any atom is -0.337 e. The molecule has 1 atom stereocenters. The molecule has 5 heteroatoms. The fourth-order valence-electron chi connectivity index (χ4n) is 2.05. The summed E-state index contributed by atoms with van der Waals surface area (Å²) >= 11 is 5.34. The van der Waals surface area contributed by atoms with Gasteiger partial charge in [-0.05, 0) is 31.1 Å². The lowest BCUT2D eigenvalue weighted by molar-refractivity contribution is 0.420. The van der Waals surface area contributed by atoms with Crippen LogP contribution in [-0.2, 0) is 6.54 Å². The average molecular weight is 250 g/mol. The second-order valence-corrected chi connectivity index (χ2v) is 5.01. The molecule has 1 N–H and O–H groups in total. The van der Waals surface area contributed by atoms with E-state index in [1.54, 1.807) is 6.20 Å². The van der Waals surface area contributed by atoms with Gasteiger partial charge in [-0.15, -0.1) is 0 Å². The van der Waals surface area contributed by atoms with E-state index < -0.39 is 0 Å². The molecule has 0 aliphatic carbocycles. The largest absolute Gasteiger partial charge is 0.337 e. The van der Waals surface area contributed by atoms with Gasteiger partial charge < -0.3 is 9.55 Å². The van der Waals surface area contributed by atoms with Crippen molar-refractivity contribution >= 4 is 12.2 Å². The van der Waals surface area contributed by atoms with E-state index in [-0.39, 0.29) is 0 Å². The van der Waals surface area contributed by atoms with Crippen LogP contribution in [0.1, 0.15) is 38.4 Å². The number of H-pyrrole nitrogens is 1. The Morgan fingerprint density at radius 3 is 2.76 bits per heavy atom. The van der Waals surface area contributed by atoms with Crippen molar-refractivity contribution in [3.8, 4) is 0 Å². The molecule has 2 aromatic heterocycles. The molecule has 0 aliphatic heterocycles. The van der Waals surface area contributed by atoms with Crippen LogP contribution in [0.3, 0.4) is 0 Å². The molecule has 1 unspecified atom stereocenters. The molecule has 92 valence electrons. The van der Waals surface area contributed by atoms with E-state index in [0.717, 1.165) is 11.3 Å². The summed E-state index contributed by atoms with van der Waals surface area (Å²) in [5.41, 5.74) is 1.25. The van der Waals surface area contributed by atoms with Gasteiger partial charge in [0.05, 0.1) is 12.6 Å². The molecule has 0 saturated carbocycles. The van der Waals surface area contributed by atoms with Crippen LogP contribution in [0.4, 0.5) is 0 Å². The van der Waals surface area contributed by atoms with Crippen LogP contribution in [0.25, 0.3) is 0 Å². The minimum absolute atomic E-state index is 0.297. The standard InChI is InChI=1S/C12H18N4S/c1-9(2)11-7-13-12(17)16(11)10(3)8-15-6-4-5-14-15/h4-7,9-10H,8H2,1-3H3,(H,13,17). The smallest absolute Gasteiger partial charge is 0.177 e. The third kappa shape index (κ3) is 2.49. The van der Waals surface area contributed by atoms with Gasteiger partial charge >= 0.3 is 0 Å². The topological polar surface area (TPSA) is 38.5 Å². The molecule has 0 aliphatic rings. The molecule has 2 rings (SSSR count). The molecule has 0 aromatic carbocycles. The van der Waals surface area contributed by atoms with Crippen molar-refractivity contribution in [1.29, 1.82) is 0 Å². The lowest BCUT2D eigenvalue weighted by Crippen LogP contribution is -2.16. The number of nitrogens with zero attached hydrogens (tertiary/aromatic N) is 3. The number of aromatic amines is 1. The molecule has 0 spiro atoms. The van der Waals surface area contributed by atoms with Gasteiger partial charge in [0.2, 0.25) is 0 Å². The number of hydrogen-bond acceptors (Lipinski definition) is 2. The van der Waals surface area contributed by atoms with Crippen molar-refractivity contribution in [3.63, 3.8) is 0 Å². The number of rotatable bonds is 4. The van der Waals surface area contributed by atoms with Crippen LogP contribution >= 0.6 is 12.2 Å². The maximum Gasteiger partial charge on any atom is 0.177 e. The van der Waals surface area contributed by atoms with Crippen molar-refractivity contribution in [1.82, 2.24) is 19.3 Å². The van der Waals surface area contributed by atoms with E-state index in [4.69, 9.17) is 12.2 Å². The average Bonchev–Trinajstić information content (AvgIpc) is 2.86. The van der Waals surface area contributed by atoms with Crippen LogP contribution in [0.5, 0.6) is 0 Å². The van der Waals surface area contributed by atoms with Crippen LogP contribution in [0.2, 0.25) is 0 Å². The molecule has 2 aromatic rings. The first-order valence-corrected chi connectivity index (χ1v) is 6.27. The maximum atomic E-state index is 5.34. The molecule has 0 bridgehead atoms. The summed E-state index contributed by atoms with van der Waals surface area (Å²) in [7, 11) is 0. The monoisotopic (exact) mass is 250 g/mol. The predicted molar refractivity (Wildman–Crippen MR) is 70.6 cm³/mol. The summed E-state index contributed by atoms with van der Waals surface area (Å²) in [6.45, 7) is 7.35. The summed E-state index contributed by atoms with van der Waals surface area (Å²) < 4.78 is 4.90. The minimum atomic E-state index is 0.297. The molecule has 4 nitrogen and oxygen atoms in total. The molecule has 0 radical (unpaired) electrons. The number of imidazole rings is 1. The first-order chi connectivity index (χ1) is 8.09. The van der Waals surface area contributed by atoms with Crippen LogP contribution < -0.4 is 0 Å². The van der Waals surface area contributed by atoms with Crippen LogP contribution in [0.15, 0.2) is 24.7 Å². The lowest BCUT2D eigenvalue weighted by Gasteiger charge is -2.18. The van der Waals surface area contributed by atoms with Crippen LogP contribution in [0, 0.1) is 4.77 Å². The normalized spacial score (nSPS) is 13.2. The van der Waals surface area contributed by atoms with E-state index in [1.165, 1.54) is 5.69 Å². The highest BCUT2D eigenvalue weighted by Gasteiger charge is 2.14. The van der Waals surface area contributed by atoms with Gasteiger partial charge in [0.25, 0.3) is 0 Å². The van der Waals surface area contributed by atoms with E-state index in [1.807, 2.05) is 23.1 Å². The van der Waals surface area contributed by atoms with E-state index in [9.17, 15) is 0 Å².